The van der Waals surface area contributed by atoms with Crippen LogP contribution < -0.4 is 15.8 Å². The first-order valence-corrected chi connectivity index (χ1v) is 6.46. The summed E-state index contributed by atoms with van der Waals surface area (Å²) in [5.74, 6) is 0.384. The van der Waals surface area contributed by atoms with E-state index >= 15 is 0 Å². The Balaban J connectivity index is 2.36. The summed E-state index contributed by atoms with van der Waals surface area (Å²) in [6, 6.07) is 8.52. The predicted molar refractivity (Wildman–Crippen MR) is 79.5 cm³/mol. The number of rotatable bonds is 3. The van der Waals surface area contributed by atoms with Gasteiger partial charge >= 0.3 is 0 Å². The molecule has 0 spiro atoms. The Morgan fingerprint density at radius 3 is 2.63 bits per heavy atom. The molecule has 0 aromatic heterocycles. The second kappa shape index (κ2) is 5.48. The molecule has 0 amide bonds. The van der Waals surface area contributed by atoms with Gasteiger partial charge in [0.2, 0.25) is 0 Å². The molecule has 0 bridgehead atoms. The van der Waals surface area contributed by atoms with E-state index in [1.165, 1.54) is 6.07 Å². The van der Waals surface area contributed by atoms with Crippen molar-refractivity contribution < 1.29 is 9.13 Å². The smallest absolute Gasteiger partial charge is 0.137 e. The van der Waals surface area contributed by atoms with Gasteiger partial charge in [-0.05, 0) is 46.6 Å². The average Bonchev–Trinajstić information content (AvgIpc) is 2.35. The number of benzene rings is 2. The lowest BCUT2D eigenvalue weighted by atomic mass is 10.2. The maximum absolute atomic E-state index is 13.4. The van der Waals surface area contributed by atoms with E-state index in [0.717, 1.165) is 16.9 Å². The van der Waals surface area contributed by atoms with Crippen molar-refractivity contribution in [1.82, 2.24) is 0 Å². The van der Waals surface area contributed by atoms with Crippen LogP contribution in [0.4, 0.5) is 21.5 Å². The first-order valence-electron chi connectivity index (χ1n) is 5.67. The molecule has 0 saturated heterocycles. The Kier molecular flexibility index (Phi) is 3.95. The van der Waals surface area contributed by atoms with Gasteiger partial charge in [-0.1, -0.05) is 0 Å². The molecule has 0 radical (unpaired) electrons. The number of aryl methyl sites for hydroxylation is 1. The number of methoxy groups -OCH3 is 1. The number of anilines is 3. The topological polar surface area (TPSA) is 47.3 Å². The minimum Gasteiger partial charge on any atom is -0.497 e. The first-order chi connectivity index (χ1) is 8.99. The van der Waals surface area contributed by atoms with Gasteiger partial charge in [0.15, 0.2) is 0 Å². The van der Waals surface area contributed by atoms with Gasteiger partial charge in [0, 0.05) is 29.2 Å². The second-order valence-corrected chi connectivity index (χ2v) is 5.06. The van der Waals surface area contributed by atoms with Crippen LogP contribution in [0.5, 0.6) is 5.75 Å². The first kappa shape index (κ1) is 13.7. The van der Waals surface area contributed by atoms with Gasteiger partial charge in [0.05, 0.1) is 11.6 Å². The molecule has 2 aromatic rings. The van der Waals surface area contributed by atoms with Crippen LogP contribution >= 0.6 is 15.9 Å². The number of nitrogen functional groups attached to an aromatic ring is 1. The molecule has 3 N–H and O–H groups in total. The third kappa shape index (κ3) is 3.17. The fourth-order valence-corrected chi connectivity index (χ4v) is 2.09. The molecule has 2 aromatic carbocycles. The standard InChI is InChI=1S/C14H14BrFN2O/c1-8-3-13(16)12(15)7-14(8)18-10-4-9(17)5-11(6-10)19-2/h3-7,18H,17H2,1-2H3. The van der Waals surface area contributed by atoms with Crippen molar-refractivity contribution in [2.24, 2.45) is 0 Å². The fourth-order valence-electron chi connectivity index (χ4n) is 1.75. The highest BCUT2D eigenvalue weighted by atomic mass is 79.9. The van der Waals surface area contributed by atoms with E-state index in [2.05, 4.69) is 21.2 Å². The van der Waals surface area contributed by atoms with E-state index in [1.807, 2.05) is 13.0 Å². The summed E-state index contributed by atoms with van der Waals surface area (Å²) >= 11 is 3.17. The van der Waals surface area contributed by atoms with Crippen LogP contribution in [0.2, 0.25) is 0 Å². The van der Waals surface area contributed by atoms with Crippen molar-refractivity contribution in [3.05, 3.63) is 46.2 Å². The molecular formula is C14H14BrFN2O. The number of hydrogen-bond acceptors (Lipinski definition) is 3. The van der Waals surface area contributed by atoms with E-state index in [-0.39, 0.29) is 5.82 Å². The Labute approximate surface area is 119 Å². The van der Waals surface area contributed by atoms with Crippen LogP contribution in [0.25, 0.3) is 0 Å². The molecule has 0 fully saturated rings. The number of halogens is 2. The predicted octanol–water partition coefficient (Wildman–Crippen LogP) is 4.23. The van der Waals surface area contributed by atoms with E-state index in [4.69, 9.17) is 10.5 Å². The summed E-state index contributed by atoms with van der Waals surface area (Å²) in [7, 11) is 1.58. The molecule has 0 aliphatic heterocycles. The molecule has 2 rings (SSSR count). The van der Waals surface area contributed by atoms with Gasteiger partial charge < -0.3 is 15.8 Å². The summed E-state index contributed by atoms with van der Waals surface area (Å²) in [6.07, 6.45) is 0. The van der Waals surface area contributed by atoms with Crippen molar-refractivity contribution in [1.29, 1.82) is 0 Å². The number of nitrogens with one attached hydrogen (secondary N) is 1. The summed E-state index contributed by atoms with van der Waals surface area (Å²) in [6.45, 7) is 1.83. The lowest BCUT2D eigenvalue weighted by molar-refractivity contribution is 0.415. The SMILES string of the molecule is COc1cc(N)cc(Nc2cc(Br)c(F)cc2C)c1. The fraction of sp³-hybridized carbons (Fsp3) is 0.143. The highest BCUT2D eigenvalue weighted by Crippen LogP contribution is 2.29. The molecular weight excluding hydrogens is 311 g/mol. The molecule has 0 saturated carbocycles. The normalized spacial score (nSPS) is 10.3. The average molecular weight is 325 g/mol. The van der Waals surface area contributed by atoms with Crippen molar-refractivity contribution in [3.8, 4) is 5.75 Å². The van der Waals surface area contributed by atoms with E-state index in [9.17, 15) is 4.39 Å². The van der Waals surface area contributed by atoms with Crippen LogP contribution in [0, 0.1) is 12.7 Å². The highest BCUT2D eigenvalue weighted by molar-refractivity contribution is 9.10. The molecule has 19 heavy (non-hydrogen) atoms. The van der Waals surface area contributed by atoms with Crippen LogP contribution in [-0.4, -0.2) is 7.11 Å². The van der Waals surface area contributed by atoms with Crippen LogP contribution in [0.3, 0.4) is 0 Å². The highest BCUT2D eigenvalue weighted by Gasteiger charge is 2.06. The lowest BCUT2D eigenvalue weighted by Gasteiger charge is -2.12. The maximum atomic E-state index is 13.4. The minimum atomic E-state index is -0.284. The molecule has 0 aliphatic rings. The second-order valence-electron chi connectivity index (χ2n) is 4.20. The monoisotopic (exact) mass is 324 g/mol. The van der Waals surface area contributed by atoms with Gasteiger partial charge in [0.1, 0.15) is 11.6 Å². The molecule has 5 heteroatoms. The molecule has 0 heterocycles. The summed E-state index contributed by atoms with van der Waals surface area (Å²) in [5.41, 5.74) is 8.79. The van der Waals surface area contributed by atoms with E-state index in [0.29, 0.717) is 15.9 Å². The Morgan fingerprint density at radius 2 is 1.95 bits per heavy atom. The third-order valence-corrected chi connectivity index (χ3v) is 3.32. The summed E-state index contributed by atoms with van der Waals surface area (Å²) < 4.78 is 18.9. The van der Waals surface area contributed by atoms with Crippen molar-refractivity contribution in [2.75, 3.05) is 18.2 Å². The number of nitrogens with two attached hydrogens (primary N) is 1. The molecule has 0 aliphatic carbocycles. The summed E-state index contributed by atoms with van der Waals surface area (Å²) in [4.78, 5) is 0. The van der Waals surface area contributed by atoms with Gasteiger partial charge in [0.25, 0.3) is 0 Å². The Morgan fingerprint density at radius 1 is 1.21 bits per heavy atom. The quantitative estimate of drug-likeness (QED) is 0.830. The number of hydrogen-bond donors (Lipinski definition) is 2. The lowest BCUT2D eigenvalue weighted by Crippen LogP contribution is -1.97. The summed E-state index contributed by atoms with van der Waals surface area (Å²) in [5, 5.41) is 3.20. The van der Waals surface area contributed by atoms with Crippen LogP contribution in [-0.2, 0) is 0 Å². The molecule has 3 nitrogen and oxygen atoms in total. The molecule has 100 valence electrons. The van der Waals surface area contributed by atoms with Gasteiger partial charge in [-0.3, -0.25) is 0 Å². The van der Waals surface area contributed by atoms with Gasteiger partial charge in [-0.2, -0.15) is 0 Å². The number of ether oxygens (including phenoxy) is 1. The third-order valence-electron chi connectivity index (χ3n) is 2.71. The van der Waals surface area contributed by atoms with Crippen molar-refractivity contribution in [2.45, 2.75) is 6.92 Å². The zero-order valence-electron chi connectivity index (χ0n) is 10.6. The van der Waals surface area contributed by atoms with E-state index < -0.39 is 0 Å². The van der Waals surface area contributed by atoms with Crippen molar-refractivity contribution in [3.63, 3.8) is 0 Å². The molecule has 0 atom stereocenters. The van der Waals surface area contributed by atoms with Crippen LogP contribution in [0.1, 0.15) is 5.56 Å². The molecule has 0 unspecified atom stereocenters. The zero-order valence-corrected chi connectivity index (χ0v) is 12.2. The van der Waals surface area contributed by atoms with E-state index in [1.54, 1.807) is 25.3 Å². The zero-order chi connectivity index (χ0) is 14.0. The van der Waals surface area contributed by atoms with Gasteiger partial charge in [-0.15, -0.1) is 0 Å². The Hall–Kier alpha value is -1.75. The maximum Gasteiger partial charge on any atom is 0.137 e. The largest absolute Gasteiger partial charge is 0.497 e. The van der Waals surface area contributed by atoms with Crippen molar-refractivity contribution >= 4 is 33.0 Å². The Bertz CT molecular complexity index is 617. The van der Waals surface area contributed by atoms with Crippen LogP contribution in [0.15, 0.2) is 34.8 Å². The van der Waals surface area contributed by atoms with Gasteiger partial charge in [-0.25, -0.2) is 4.39 Å². The minimum absolute atomic E-state index is 0.284.